The molecule has 60 valence electrons. The van der Waals surface area contributed by atoms with Crippen molar-refractivity contribution in [3.63, 3.8) is 0 Å². The van der Waals surface area contributed by atoms with Gasteiger partial charge in [0.2, 0.25) is 0 Å². The Morgan fingerprint density at radius 2 is 0.800 bits per heavy atom. The van der Waals surface area contributed by atoms with Crippen molar-refractivity contribution in [3.05, 3.63) is 30.6 Å². The molecule has 0 bridgehead atoms. The quantitative estimate of drug-likeness (QED) is 0.265. The smallest absolute Gasteiger partial charge is 0.0689 e. The third-order valence-corrected chi connectivity index (χ3v) is 0. The first-order chi connectivity index (χ1) is 3.46. The second-order valence-corrected chi connectivity index (χ2v) is 0.447. The Labute approximate surface area is 64.8 Å². The van der Waals surface area contributed by atoms with Crippen molar-refractivity contribution in [2.45, 2.75) is 0 Å². The average Bonchev–Trinajstić information content (AvgIpc) is 1.25. The van der Waals surface area contributed by atoms with Crippen LogP contribution in [0.5, 0.6) is 0 Å². The van der Waals surface area contributed by atoms with Crippen LogP contribution in [-0.2, 0) is 0 Å². The Bertz CT molecular complexity index is 69.6. The van der Waals surface area contributed by atoms with Crippen molar-refractivity contribution in [3.8, 4) is 0 Å². The second-order valence-electron chi connectivity index (χ2n) is 0.447. The van der Waals surface area contributed by atoms with E-state index in [1.165, 1.54) is 0 Å². The Balaban J connectivity index is -0.0000000300. The second kappa shape index (κ2) is 15.7. The van der Waals surface area contributed by atoms with Crippen LogP contribution in [0.15, 0.2) is 0 Å². The summed E-state index contributed by atoms with van der Waals surface area (Å²) in [6.45, 7) is 0. The first-order valence-electron chi connectivity index (χ1n) is 1.10. The van der Waals surface area contributed by atoms with Gasteiger partial charge in [0, 0.05) is 17.6 Å². The molecule has 0 aliphatic rings. The molecule has 0 aromatic carbocycles. The Morgan fingerprint density at radius 3 is 0.800 bits per heavy atom. The van der Waals surface area contributed by atoms with E-state index in [9.17, 15) is 0 Å². The molecular formula is H2GeN2O7-2. The minimum atomic E-state index is -1.75. The molecule has 0 saturated heterocycles. The van der Waals surface area contributed by atoms with Gasteiger partial charge in [-0.15, -0.1) is 0 Å². The SMILES string of the molecule is O.O=[N+]([O-])[O-].O=[N+]([O-])[O-].[Ge]. The Morgan fingerprint density at radius 1 is 0.800 bits per heavy atom. The molecule has 0 fully saturated rings. The van der Waals surface area contributed by atoms with Crippen molar-refractivity contribution in [2.75, 3.05) is 0 Å². The third kappa shape index (κ3) is 200. The van der Waals surface area contributed by atoms with Crippen molar-refractivity contribution < 1.29 is 15.6 Å². The van der Waals surface area contributed by atoms with Gasteiger partial charge < -0.3 is 36.1 Å². The summed E-state index contributed by atoms with van der Waals surface area (Å²) in [4.78, 5) is 16.5. The van der Waals surface area contributed by atoms with E-state index in [0.717, 1.165) is 0 Å². The van der Waals surface area contributed by atoms with Gasteiger partial charge in [0.05, 0.1) is 10.2 Å². The molecule has 0 unspecified atom stereocenters. The van der Waals surface area contributed by atoms with Crippen LogP contribution in [0.4, 0.5) is 0 Å². The maximum absolute atomic E-state index is 8.25. The van der Waals surface area contributed by atoms with Crippen LogP contribution in [0.2, 0.25) is 0 Å². The maximum atomic E-state index is 8.25. The number of hydrogen-bond acceptors (Lipinski definition) is 6. The predicted octanol–water partition coefficient (Wildman–Crippen LogP) is -1.68. The number of rotatable bonds is 0. The van der Waals surface area contributed by atoms with Crippen molar-refractivity contribution >= 4 is 17.6 Å². The van der Waals surface area contributed by atoms with Crippen LogP contribution in [0.3, 0.4) is 0 Å². The van der Waals surface area contributed by atoms with Crippen molar-refractivity contribution in [1.29, 1.82) is 0 Å². The first kappa shape index (κ1) is 23.1. The van der Waals surface area contributed by atoms with Crippen LogP contribution in [0.25, 0.3) is 0 Å². The van der Waals surface area contributed by atoms with E-state index in [-0.39, 0.29) is 23.1 Å². The summed E-state index contributed by atoms with van der Waals surface area (Å²) in [7, 11) is 0. The van der Waals surface area contributed by atoms with Crippen LogP contribution in [0, 0.1) is 30.6 Å². The normalized spacial score (nSPS) is 4.80. The number of hydrogen-bond donors (Lipinski definition) is 0. The van der Waals surface area contributed by atoms with Gasteiger partial charge in [-0.3, -0.25) is 0 Å². The summed E-state index contributed by atoms with van der Waals surface area (Å²) >= 11 is 0. The molecule has 0 aromatic rings. The molecule has 0 heterocycles. The van der Waals surface area contributed by atoms with Gasteiger partial charge in [0.15, 0.2) is 0 Å². The van der Waals surface area contributed by atoms with E-state index in [1.807, 2.05) is 0 Å². The average molecular weight is 215 g/mol. The van der Waals surface area contributed by atoms with Gasteiger partial charge in [-0.2, -0.15) is 0 Å². The largest absolute Gasteiger partial charge is 0.412 e. The molecule has 2 N–H and O–H groups in total. The Kier molecular flexibility index (Phi) is 36.2. The van der Waals surface area contributed by atoms with E-state index >= 15 is 0 Å². The third-order valence-electron chi connectivity index (χ3n) is 0. The molecule has 4 radical (unpaired) electrons. The van der Waals surface area contributed by atoms with Gasteiger partial charge >= 0.3 is 0 Å². The van der Waals surface area contributed by atoms with E-state index in [2.05, 4.69) is 0 Å². The van der Waals surface area contributed by atoms with Crippen LogP contribution in [-0.4, -0.2) is 33.2 Å². The maximum Gasteiger partial charge on any atom is 0.0689 e. The molecule has 0 atom stereocenters. The van der Waals surface area contributed by atoms with Crippen LogP contribution >= 0.6 is 0 Å². The summed E-state index contributed by atoms with van der Waals surface area (Å²) in [6, 6.07) is 0. The van der Waals surface area contributed by atoms with Gasteiger partial charge in [-0.25, -0.2) is 0 Å². The molecular weight excluding hydrogens is 213 g/mol. The Hall–Kier alpha value is -1.10. The molecule has 10 heavy (non-hydrogen) atoms. The molecule has 10 heteroatoms. The van der Waals surface area contributed by atoms with Crippen LogP contribution < -0.4 is 0 Å². The summed E-state index contributed by atoms with van der Waals surface area (Å²) in [5.41, 5.74) is 0. The molecule has 0 aromatic heterocycles. The fraction of sp³-hybridized carbons (Fsp3) is 0. The summed E-state index contributed by atoms with van der Waals surface area (Å²) in [5.74, 6) is 0. The molecule has 0 spiro atoms. The zero-order chi connectivity index (χ0) is 7.15. The fourth-order valence-electron chi connectivity index (χ4n) is 0. The van der Waals surface area contributed by atoms with Crippen molar-refractivity contribution in [1.82, 2.24) is 0 Å². The van der Waals surface area contributed by atoms with E-state index < -0.39 is 10.2 Å². The summed E-state index contributed by atoms with van der Waals surface area (Å²) < 4.78 is 0. The van der Waals surface area contributed by atoms with E-state index in [0.29, 0.717) is 0 Å². The summed E-state index contributed by atoms with van der Waals surface area (Å²) in [6.07, 6.45) is 0. The molecule has 0 saturated carbocycles. The number of nitrogens with zero attached hydrogens (tertiary/aromatic N) is 2. The molecule has 0 aliphatic heterocycles. The van der Waals surface area contributed by atoms with Crippen LogP contribution in [0.1, 0.15) is 0 Å². The van der Waals surface area contributed by atoms with E-state index in [4.69, 9.17) is 30.6 Å². The summed E-state index contributed by atoms with van der Waals surface area (Å²) in [5, 5.41) is 29.5. The van der Waals surface area contributed by atoms with E-state index in [1.54, 1.807) is 0 Å². The van der Waals surface area contributed by atoms with Gasteiger partial charge in [0.1, 0.15) is 0 Å². The van der Waals surface area contributed by atoms with Gasteiger partial charge in [-0.1, -0.05) is 0 Å². The molecule has 0 rings (SSSR count). The monoisotopic (exact) mass is 216 g/mol. The molecule has 0 aliphatic carbocycles. The zero-order valence-corrected chi connectivity index (χ0v) is 6.44. The fourth-order valence-corrected chi connectivity index (χ4v) is 0. The molecule has 0 amide bonds. The predicted molar refractivity (Wildman–Crippen MR) is 30.1 cm³/mol. The first-order valence-corrected chi connectivity index (χ1v) is 1.10. The topological polar surface area (TPSA) is 164 Å². The van der Waals surface area contributed by atoms with Crippen molar-refractivity contribution in [2.24, 2.45) is 0 Å². The van der Waals surface area contributed by atoms with Gasteiger partial charge in [-0.05, 0) is 0 Å². The standard InChI is InChI=1S/Ge.2NO3.H2O/c;2*2-1(3)4;/h;;;1H2/q;2*-1;. The zero-order valence-electron chi connectivity index (χ0n) is 4.34. The molecule has 9 nitrogen and oxygen atoms in total. The minimum Gasteiger partial charge on any atom is -0.412 e. The minimum absolute atomic E-state index is 0. The van der Waals surface area contributed by atoms with Gasteiger partial charge in [0.25, 0.3) is 0 Å².